The maximum absolute atomic E-state index is 12.9. The number of nitrogens with zero attached hydrogens (tertiary/aromatic N) is 1. The van der Waals surface area contributed by atoms with Crippen molar-refractivity contribution < 1.29 is 14.4 Å². The van der Waals surface area contributed by atoms with Crippen LogP contribution in [0.4, 0.5) is 10.5 Å². The maximum Gasteiger partial charge on any atom is 0.325 e. The summed E-state index contributed by atoms with van der Waals surface area (Å²) in [4.78, 5) is 38.7. The van der Waals surface area contributed by atoms with Crippen molar-refractivity contribution in [3.63, 3.8) is 0 Å². The molecule has 2 aromatic rings. The van der Waals surface area contributed by atoms with Crippen LogP contribution < -0.4 is 10.6 Å². The van der Waals surface area contributed by atoms with Gasteiger partial charge in [0.1, 0.15) is 12.1 Å². The average molecular weight is 408 g/mol. The molecular formula is C24H29N3O3. The second-order valence-corrected chi connectivity index (χ2v) is 8.12. The van der Waals surface area contributed by atoms with Gasteiger partial charge in [0, 0.05) is 5.69 Å². The molecule has 0 bridgehead atoms. The van der Waals surface area contributed by atoms with Gasteiger partial charge in [0.15, 0.2) is 0 Å². The number of urea groups is 1. The first-order valence-corrected chi connectivity index (χ1v) is 10.4. The highest BCUT2D eigenvalue weighted by atomic mass is 16.2. The van der Waals surface area contributed by atoms with E-state index in [1.807, 2.05) is 54.6 Å². The molecule has 4 amide bonds. The number of aryl methyl sites for hydroxylation is 1. The van der Waals surface area contributed by atoms with Crippen molar-refractivity contribution in [2.24, 2.45) is 0 Å². The molecule has 1 aliphatic rings. The van der Waals surface area contributed by atoms with E-state index < -0.39 is 17.5 Å². The zero-order chi connectivity index (χ0) is 21.7. The molecule has 0 aromatic heterocycles. The van der Waals surface area contributed by atoms with Crippen LogP contribution in [0.1, 0.15) is 50.7 Å². The van der Waals surface area contributed by atoms with Gasteiger partial charge < -0.3 is 10.6 Å². The minimum Gasteiger partial charge on any atom is -0.325 e. The quantitative estimate of drug-likeness (QED) is 0.647. The highest BCUT2D eigenvalue weighted by Crippen LogP contribution is 2.24. The Balaban J connectivity index is 1.58. The fourth-order valence-corrected chi connectivity index (χ4v) is 3.57. The Morgan fingerprint density at radius 1 is 1.10 bits per heavy atom. The van der Waals surface area contributed by atoms with Gasteiger partial charge in [-0.1, -0.05) is 56.3 Å². The number of rotatable bonds is 8. The lowest BCUT2D eigenvalue weighted by Crippen LogP contribution is -2.45. The molecule has 2 N–H and O–H groups in total. The van der Waals surface area contributed by atoms with Crippen LogP contribution in [-0.2, 0) is 16.0 Å². The molecule has 158 valence electrons. The van der Waals surface area contributed by atoms with E-state index in [1.165, 1.54) is 5.56 Å². The van der Waals surface area contributed by atoms with Gasteiger partial charge in [0.2, 0.25) is 5.91 Å². The van der Waals surface area contributed by atoms with Crippen molar-refractivity contribution in [3.8, 4) is 0 Å². The number of carbonyl (C=O) groups is 3. The lowest BCUT2D eigenvalue weighted by molar-refractivity contribution is -0.133. The fraction of sp³-hybridized carbons (Fsp3) is 0.375. The molecule has 0 aliphatic carbocycles. The third-order valence-electron chi connectivity index (χ3n) is 5.78. The van der Waals surface area contributed by atoms with E-state index in [9.17, 15) is 14.4 Å². The van der Waals surface area contributed by atoms with E-state index >= 15 is 0 Å². The molecule has 0 unspecified atom stereocenters. The minimum absolute atomic E-state index is 0.307. The van der Waals surface area contributed by atoms with Gasteiger partial charge in [0.05, 0.1) is 0 Å². The zero-order valence-corrected chi connectivity index (χ0v) is 17.8. The number of amides is 4. The van der Waals surface area contributed by atoms with E-state index in [2.05, 4.69) is 24.5 Å². The second kappa shape index (κ2) is 9.11. The van der Waals surface area contributed by atoms with Crippen LogP contribution >= 0.6 is 0 Å². The molecule has 0 saturated carbocycles. The normalized spacial score (nSPS) is 19.5. The molecule has 1 heterocycles. The van der Waals surface area contributed by atoms with E-state index in [-0.39, 0.29) is 12.5 Å². The number of nitrogens with one attached hydrogen (secondary N) is 2. The molecule has 1 saturated heterocycles. The van der Waals surface area contributed by atoms with Crippen LogP contribution in [0.25, 0.3) is 0 Å². The van der Waals surface area contributed by atoms with Crippen molar-refractivity contribution in [1.29, 1.82) is 0 Å². The van der Waals surface area contributed by atoms with E-state index in [4.69, 9.17) is 0 Å². The Labute approximate surface area is 177 Å². The van der Waals surface area contributed by atoms with Crippen LogP contribution in [0.5, 0.6) is 0 Å². The summed E-state index contributed by atoms with van der Waals surface area (Å²) in [5, 5.41) is 5.52. The summed E-state index contributed by atoms with van der Waals surface area (Å²) in [5.74, 6) is -0.318. The summed E-state index contributed by atoms with van der Waals surface area (Å²) in [5.41, 5.74) is 1.94. The zero-order valence-electron chi connectivity index (χ0n) is 17.8. The van der Waals surface area contributed by atoms with Crippen LogP contribution in [-0.4, -0.2) is 34.8 Å². The number of hydrogen-bond donors (Lipinski definition) is 2. The molecular weight excluding hydrogens is 378 g/mol. The van der Waals surface area contributed by atoms with Crippen molar-refractivity contribution in [1.82, 2.24) is 10.2 Å². The predicted octanol–water partition coefficient (Wildman–Crippen LogP) is 4.08. The van der Waals surface area contributed by atoms with Gasteiger partial charge in [-0.25, -0.2) is 4.79 Å². The molecule has 2 aromatic carbocycles. The summed E-state index contributed by atoms with van der Waals surface area (Å²) in [6.45, 7) is 5.69. The van der Waals surface area contributed by atoms with Gasteiger partial charge >= 0.3 is 6.03 Å². The van der Waals surface area contributed by atoms with Crippen LogP contribution in [0.2, 0.25) is 0 Å². The van der Waals surface area contributed by atoms with Crippen LogP contribution in [0.3, 0.4) is 0 Å². The molecule has 0 radical (unpaired) electrons. The number of imide groups is 1. The lowest BCUT2D eigenvalue weighted by atomic mass is 9.93. The first kappa shape index (κ1) is 21.6. The standard InChI is InChI=1S/C24H29N3O3/c1-4-17(2)19-10-12-20(13-11-19)25-21(28)16-27-22(29)24(3,26-23(27)30)15-14-18-8-6-5-7-9-18/h5-13,17H,4,14-16H2,1-3H3,(H,25,28)(H,26,30)/t17-,24-/m1/s1. The highest BCUT2D eigenvalue weighted by molar-refractivity contribution is 6.09. The van der Waals surface area contributed by atoms with Gasteiger partial charge in [-0.3, -0.25) is 14.5 Å². The Hall–Kier alpha value is -3.15. The second-order valence-electron chi connectivity index (χ2n) is 8.12. The molecule has 1 fully saturated rings. The van der Waals surface area contributed by atoms with Crippen molar-refractivity contribution in [2.45, 2.75) is 51.5 Å². The minimum atomic E-state index is -1.01. The van der Waals surface area contributed by atoms with Crippen molar-refractivity contribution in [2.75, 3.05) is 11.9 Å². The van der Waals surface area contributed by atoms with E-state index in [1.54, 1.807) is 6.92 Å². The number of benzene rings is 2. The van der Waals surface area contributed by atoms with E-state index in [0.29, 0.717) is 24.4 Å². The van der Waals surface area contributed by atoms with Crippen molar-refractivity contribution >= 4 is 23.5 Å². The molecule has 3 rings (SSSR count). The monoisotopic (exact) mass is 407 g/mol. The van der Waals surface area contributed by atoms with Gasteiger partial charge in [-0.15, -0.1) is 0 Å². The molecule has 1 aliphatic heterocycles. The predicted molar refractivity (Wildman–Crippen MR) is 117 cm³/mol. The molecule has 6 heteroatoms. The average Bonchev–Trinajstić information content (AvgIpc) is 2.96. The van der Waals surface area contributed by atoms with Crippen LogP contribution in [0, 0.1) is 0 Å². The smallest absolute Gasteiger partial charge is 0.325 e. The summed E-state index contributed by atoms with van der Waals surface area (Å²) < 4.78 is 0. The largest absolute Gasteiger partial charge is 0.325 e. The molecule has 30 heavy (non-hydrogen) atoms. The first-order valence-electron chi connectivity index (χ1n) is 10.4. The van der Waals surface area contributed by atoms with E-state index in [0.717, 1.165) is 16.9 Å². The SMILES string of the molecule is CC[C@@H](C)c1ccc(NC(=O)CN2C(=O)N[C@](C)(CCc3ccccc3)C2=O)cc1. The molecule has 2 atom stereocenters. The Kier molecular flexibility index (Phi) is 6.55. The topological polar surface area (TPSA) is 78.5 Å². The number of anilines is 1. The van der Waals surface area contributed by atoms with Gasteiger partial charge in [-0.2, -0.15) is 0 Å². The third kappa shape index (κ3) is 4.87. The van der Waals surface area contributed by atoms with Crippen LogP contribution in [0.15, 0.2) is 54.6 Å². The lowest BCUT2D eigenvalue weighted by Gasteiger charge is -2.21. The Morgan fingerprint density at radius 3 is 2.40 bits per heavy atom. The summed E-state index contributed by atoms with van der Waals surface area (Å²) in [6.07, 6.45) is 2.17. The Morgan fingerprint density at radius 2 is 1.77 bits per heavy atom. The Bertz CT molecular complexity index is 911. The first-order chi connectivity index (χ1) is 14.3. The van der Waals surface area contributed by atoms with Gasteiger partial charge in [-0.05, 0) is 55.4 Å². The number of carbonyl (C=O) groups excluding carboxylic acids is 3. The highest BCUT2D eigenvalue weighted by Gasteiger charge is 2.47. The van der Waals surface area contributed by atoms with Crippen molar-refractivity contribution in [3.05, 3.63) is 65.7 Å². The third-order valence-corrected chi connectivity index (χ3v) is 5.78. The molecule has 0 spiro atoms. The fourth-order valence-electron chi connectivity index (χ4n) is 3.57. The summed E-state index contributed by atoms with van der Waals surface area (Å²) in [7, 11) is 0. The maximum atomic E-state index is 12.9. The summed E-state index contributed by atoms with van der Waals surface area (Å²) in [6, 6.07) is 16.9. The number of hydrogen-bond acceptors (Lipinski definition) is 3. The molecule has 6 nitrogen and oxygen atoms in total. The summed E-state index contributed by atoms with van der Waals surface area (Å²) >= 11 is 0. The van der Waals surface area contributed by atoms with Gasteiger partial charge in [0.25, 0.3) is 5.91 Å².